The highest BCUT2D eigenvalue weighted by atomic mass is 35.5. The first-order valence-corrected chi connectivity index (χ1v) is 9.34. The van der Waals surface area contributed by atoms with Crippen LogP contribution in [0.1, 0.15) is 26.4 Å². The molecular formula is C19H19ClN2O3S. The number of amides is 1. The molecular weight excluding hydrogens is 372 g/mol. The van der Waals surface area contributed by atoms with Crippen molar-refractivity contribution in [3.05, 3.63) is 56.9 Å². The lowest BCUT2D eigenvalue weighted by molar-refractivity contribution is -0.111. The Morgan fingerprint density at radius 2 is 2.12 bits per heavy atom. The molecule has 0 aliphatic carbocycles. The van der Waals surface area contributed by atoms with Gasteiger partial charge in [-0.25, -0.2) is 4.79 Å². The number of carbonyl (C=O) groups excluding carboxylic acids is 2. The summed E-state index contributed by atoms with van der Waals surface area (Å²) in [6.07, 6.45) is 3.82. The second kappa shape index (κ2) is 8.03. The first-order valence-electron chi connectivity index (χ1n) is 8.14. The summed E-state index contributed by atoms with van der Waals surface area (Å²) in [5.41, 5.74) is 2.20. The molecule has 0 spiro atoms. The first kappa shape index (κ1) is 18.6. The van der Waals surface area contributed by atoms with Crippen molar-refractivity contribution in [2.45, 2.75) is 13.0 Å². The van der Waals surface area contributed by atoms with Crippen molar-refractivity contribution in [2.24, 2.45) is 0 Å². The van der Waals surface area contributed by atoms with E-state index in [0.717, 1.165) is 35.5 Å². The van der Waals surface area contributed by atoms with Crippen LogP contribution >= 0.6 is 22.9 Å². The molecule has 136 valence electrons. The Hall–Kier alpha value is -2.15. The molecule has 0 unspecified atom stereocenters. The number of fused-ring (bicyclic) bond motifs is 1. The van der Waals surface area contributed by atoms with Crippen LogP contribution < -0.4 is 5.32 Å². The minimum atomic E-state index is -0.419. The molecule has 1 aromatic heterocycles. The van der Waals surface area contributed by atoms with E-state index in [4.69, 9.17) is 16.3 Å². The van der Waals surface area contributed by atoms with Gasteiger partial charge in [0.15, 0.2) is 0 Å². The normalized spacial score (nSPS) is 14.3. The molecule has 0 fully saturated rings. The van der Waals surface area contributed by atoms with Crippen molar-refractivity contribution in [3.63, 3.8) is 0 Å². The number of nitrogens with zero attached hydrogens (tertiary/aromatic N) is 1. The van der Waals surface area contributed by atoms with Gasteiger partial charge < -0.3 is 15.0 Å². The number of hydrogen-bond donors (Lipinski definition) is 1. The average molecular weight is 391 g/mol. The summed E-state index contributed by atoms with van der Waals surface area (Å²) in [4.78, 5) is 27.8. The van der Waals surface area contributed by atoms with Gasteiger partial charge in [-0.2, -0.15) is 0 Å². The van der Waals surface area contributed by atoms with Gasteiger partial charge in [0, 0.05) is 29.1 Å². The first-order chi connectivity index (χ1) is 12.5. The number of carbonyl (C=O) groups is 2. The van der Waals surface area contributed by atoms with Crippen molar-refractivity contribution < 1.29 is 14.3 Å². The Labute approximate surface area is 161 Å². The highest BCUT2D eigenvalue weighted by Crippen LogP contribution is 2.37. The molecule has 1 aromatic carbocycles. The number of benzene rings is 1. The number of thiophene rings is 1. The molecule has 7 heteroatoms. The minimum Gasteiger partial charge on any atom is -0.465 e. The zero-order valence-corrected chi connectivity index (χ0v) is 16.1. The number of rotatable bonds is 4. The van der Waals surface area contributed by atoms with Crippen molar-refractivity contribution >= 4 is 45.9 Å². The second-order valence-corrected chi connectivity index (χ2v) is 7.54. The fraction of sp³-hybridized carbons (Fsp3) is 0.263. The number of halogens is 1. The molecule has 3 rings (SSSR count). The molecule has 5 nitrogen and oxygen atoms in total. The van der Waals surface area contributed by atoms with Crippen LogP contribution in [-0.2, 0) is 22.5 Å². The average Bonchev–Trinajstić information content (AvgIpc) is 2.97. The SMILES string of the molecule is COC(=O)c1c(NC(=O)/C=C/c2ccccc2Cl)sc2c1CCN(C)C2. The fourth-order valence-electron chi connectivity index (χ4n) is 2.87. The van der Waals surface area contributed by atoms with E-state index in [-0.39, 0.29) is 5.91 Å². The van der Waals surface area contributed by atoms with Crippen molar-refractivity contribution in [1.82, 2.24) is 4.90 Å². The van der Waals surface area contributed by atoms with Gasteiger partial charge in [0.2, 0.25) is 5.91 Å². The number of methoxy groups -OCH3 is 1. The summed E-state index contributed by atoms with van der Waals surface area (Å²) in [7, 11) is 3.38. The molecule has 1 amide bonds. The number of hydrogen-bond acceptors (Lipinski definition) is 5. The highest BCUT2D eigenvalue weighted by molar-refractivity contribution is 7.17. The smallest absolute Gasteiger partial charge is 0.341 e. The van der Waals surface area contributed by atoms with Gasteiger partial charge in [0.1, 0.15) is 5.00 Å². The maximum Gasteiger partial charge on any atom is 0.341 e. The molecule has 2 aromatic rings. The van der Waals surface area contributed by atoms with E-state index in [9.17, 15) is 9.59 Å². The Morgan fingerprint density at radius 1 is 1.35 bits per heavy atom. The molecule has 0 saturated heterocycles. The quantitative estimate of drug-likeness (QED) is 0.636. The Kier molecular flexibility index (Phi) is 5.76. The monoisotopic (exact) mass is 390 g/mol. The number of likely N-dealkylation sites (N-methyl/N-ethyl adjacent to an activating group) is 1. The number of ether oxygens (including phenoxy) is 1. The predicted molar refractivity (Wildman–Crippen MR) is 105 cm³/mol. The van der Waals surface area contributed by atoms with E-state index in [1.165, 1.54) is 24.5 Å². The lowest BCUT2D eigenvalue weighted by Gasteiger charge is -2.22. The van der Waals surface area contributed by atoms with Crippen LogP contribution in [0.4, 0.5) is 5.00 Å². The summed E-state index contributed by atoms with van der Waals surface area (Å²) >= 11 is 7.52. The topological polar surface area (TPSA) is 58.6 Å². The zero-order valence-electron chi connectivity index (χ0n) is 14.5. The molecule has 0 radical (unpaired) electrons. The van der Waals surface area contributed by atoms with Crippen LogP contribution in [0.25, 0.3) is 6.08 Å². The standard InChI is InChI=1S/C19H19ClN2O3S/c1-22-10-9-13-15(11-22)26-18(17(13)19(24)25-2)21-16(23)8-7-12-5-3-4-6-14(12)20/h3-8H,9-11H2,1-2H3,(H,21,23)/b8-7+. The molecule has 0 bridgehead atoms. The maximum absolute atomic E-state index is 12.3. The van der Waals surface area contributed by atoms with Crippen LogP contribution in [0.3, 0.4) is 0 Å². The largest absolute Gasteiger partial charge is 0.465 e. The van der Waals surface area contributed by atoms with E-state index in [2.05, 4.69) is 10.2 Å². The second-order valence-electron chi connectivity index (χ2n) is 6.03. The van der Waals surface area contributed by atoms with Gasteiger partial charge in [-0.1, -0.05) is 29.8 Å². The van der Waals surface area contributed by atoms with Crippen molar-refractivity contribution in [3.8, 4) is 0 Å². The van der Waals surface area contributed by atoms with Crippen LogP contribution in [0.5, 0.6) is 0 Å². The van der Waals surface area contributed by atoms with E-state index >= 15 is 0 Å². The third-order valence-electron chi connectivity index (χ3n) is 4.19. The summed E-state index contributed by atoms with van der Waals surface area (Å²) in [5.74, 6) is -0.737. The van der Waals surface area contributed by atoms with E-state index in [0.29, 0.717) is 15.6 Å². The molecule has 1 aliphatic heterocycles. The summed E-state index contributed by atoms with van der Waals surface area (Å²) < 4.78 is 4.92. The molecule has 1 N–H and O–H groups in total. The van der Waals surface area contributed by atoms with Gasteiger partial charge >= 0.3 is 5.97 Å². The molecule has 0 atom stereocenters. The van der Waals surface area contributed by atoms with Gasteiger partial charge in [0.05, 0.1) is 12.7 Å². The van der Waals surface area contributed by atoms with Gasteiger partial charge in [-0.15, -0.1) is 11.3 Å². The van der Waals surface area contributed by atoms with E-state index in [1.807, 2.05) is 25.2 Å². The molecule has 26 heavy (non-hydrogen) atoms. The minimum absolute atomic E-state index is 0.318. The number of esters is 1. The highest BCUT2D eigenvalue weighted by Gasteiger charge is 2.28. The van der Waals surface area contributed by atoms with Crippen LogP contribution in [0, 0.1) is 0 Å². The molecule has 0 saturated carbocycles. The lowest BCUT2D eigenvalue weighted by atomic mass is 10.0. The maximum atomic E-state index is 12.3. The Bertz CT molecular complexity index is 876. The summed E-state index contributed by atoms with van der Waals surface area (Å²) in [5, 5.41) is 3.92. The third kappa shape index (κ3) is 3.98. The lowest BCUT2D eigenvalue weighted by Crippen LogP contribution is -2.26. The summed E-state index contributed by atoms with van der Waals surface area (Å²) in [6.45, 7) is 1.63. The molecule has 1 aliphatic rings. The Balaban J connectivity index is 1.84. The predicted octanol–water partition coefficient (Wildman–Crippen LogP) is 3.83. The van der Waals surface area contributed by atoms with Crippen molar-refractivity contribution in [1.29, 1.82) is 0 Å². The van der Waals surface area contributed by atoms with Gasteiger partial charge in [-0.05, 0) is 36.7 Å². The van der Waals surface area contributed by atoms with Crippen molar-refractivity contribution in [2.75, 3.05) is 26.0 Å². The Morgan fingerprint density at radius 3 is 2.85 bits per heavy atom. The third-order valence-corrected chi connectivity index (χ3v) is 5.67. The fourth-order valence-corrected chi connectivity index (χ4v) is 4.38. The zero-order chi connectivity index (χ0) is 18.7. The van der Waals surface area contributed by atoms with Gasteiger partial charge in [-0.3, -0.25) is 4.79 Å². The van der Waals surface area contributed by atoms with E-state index in [1.54, 1.807) is 12.1 Å². The van der Waals surface area contributed by atoms with Crippen LogP contribution in [0.15, 0.2) is 30.3 Å². The van der Waals surface area contributed by atoms with Crippen LogP contribution in [-0.4, -0.2) is 37.5 Å². The van der Waals surface area contributed by atoms with Gasteiger partial charge in [0.25, 0.3) is 0 Å². The van der Waals surface area contributed by atoms with E-state index < -0.39 is 5.97 Å². The molecule has 2 heterocycles. The number of nitrogens with one attached hydrogen (secondary N) is 1. The van der Waals surface area contributed by atoms with Crippen LogP contribution in [0.2, 0.25) is 5.02 Å². The number of anilines is 1. The summed E-state index contributed by atoms with van der Waals surface area (Å²) in [6, 6.07) is 7.27.